The van der Waals surface area contributed by atoms with E-state index in [4.69, 9.17) is 5.73 Å². The van der Waals surface area contributed by atoms with E-state index in [0.717, 1.165) is 11.6 Å². The van der Waals surface area contributed by atoms with Crippen LogP contribution in [0.3, 0.4) is 0 Å². The Morgan fingerprint density at radius 3 is 2.59 bits per heavy atom. The summed E-state index contributed by atoms with van der Waals surface area (Å²) >= 11 is 0. The summed E-state index contributed by atoms with van der Waals surface area (Å²) in [6.45, 7) is 1.91. The molecule has 0 aliphatic rings. The molecule has 0 bridgehead atoms. The molecule has 0 saturated carbocycles. The van der Waals surface area contributed by atoms with Crippen molar-refractivity contribution in [3.63, 3.8) is 0 Å². The van der Waals surface area contributed by atoms with Gasteiger partial charge in [-0.25, -0.2) is 4.39 Å². The minimum Gasteiger partial charge on any atom is -0.398 e. The molecule has 0 aromatic heterocycles. The first-order valence-corrected chi connectivity index (χ1v) is 5.24. The Morgan fingerprint density at radius 2 is 1.94 bits per heavy atom. The van der Waals surface area contributed by atoms with E-state index in [9.17, 15) is 9.18 Å². The number of carbonyl (C=O) groups excluding carboxylic acids is 1. The van der Waals surface area contributed by atoms with Gasteiger partial charge in [-0.15, -0.1) is 0 Å². The van der Waals surface area contributed by atoms with Gasteiger partial charge in [-0.05, 0) is 31.2 Å². The Kier molecular flexibility index (Phi) is 2.91. The van der Waals surface area contributed by atoms with Crippen molar-refractivity contribution in [2.45, 2.75) is 6.92 Å². The van der Waals surface area contributed by atoms with Crippen molar-refractivity contribution in [2.75, 3.05) is 5.73 Å². The highest BCUT2D eigenvalue weighted by Crippen LogP contribution is 2.18. The minimum atomic E-state index is -0.441. The van der Waals surface area contributed by atoms with Crippen LogP contribution in [0, 0.1) is 12.7 Å². The summed E-state index contributed by atoms with van der Waals surface area (Å²) in [4.78, 5) is 12.1. The zero-order chi connectivity index (χ0) is 12.4. The maximum atomic E-state index is 12.9. The van der Waals surface area contributed by atoms with Gasteiger partial charge in [0.05, 0.1) is 0 Å². The normalized spacial score (nSPS) is 10.2. The van der Waals surface area contributed by atoms with Crippen LogP contribution in [0.4, 0.5) is 10.1 Å². The third-order valence-electron chi connectivity index (χ3n) is 2.54. The summed E-state index contributed by atoms with van der Waals surface area (Å²) in [5, 5.41) is 0. The van der Waals surface area contributed by atoms with Crippen LogP contribution >= 0.6 is 0 Å². The van der Waals surface area contributed by atoms with Crippen LogP contribution in [0.2, 0.25) is 0 Å². The average molecular weight is 229 g/mol. The molecule has 0 saturated heterocycles. The molecule has 2 aromatic carbocycles. The Hall–Kier alpha value is -2.16. The number of nitrogens with two attached hydrogens (primary N) is 1. The Labute approximate surface area is 98.9 Å². The zero-order valence-electron chi connectivity index (χ0n) is 9.41. The number of hydrogen-bond acceptors (Lipinski definition) is 2. The van der Waals surface area contributed by atoms with Crippen LogP contribution in [0.15, 0.2) is 42.5 Å². The lowest BCUT2D eigenvalue weighted by Gasteiger charge is -2.05. The molecule has 2 rings (SSSR count). The zero-order valence-corrected chi connectivity index (χ0v) is 9.41. The summed E-state index contributed by atoms with van der Waals surface area (Å²) in [5.41, 5.74) is 7.69. The molecule has 86 valence electrons. The second kappa shape index (κ2) is 4.37. The van der Waals surface area contributed by atoms with Crippen LogP contribution in [0.25, 0.3) is 0 Å². The molecule has 2 nitrogen and oxygen atoms in total. The second-order valence-electron chi connectivity index (χ2n) is 3.93. The smallest absolute Gasteiger partial charge is 0.195 e. The largest absolute Gasteiger partial charge is 0.398 e. The van der Waals surface area contributed by atoms with Crippen molar-refractivity contribution >= 4 is 11.5 Å². The lowest BCUT2D eigenvalue weighted by atomic mass is 10.0. The fourth-order valence-corrected chi connectivity index (χ4v) is 1.68. The van der Waals surface area contributed by atoms with E-state index in [2.05, 4.69) is 0 Å². The maximum Gasteiger partial charge on any atom is 0.195 e. The van der Waals surface area contributed by atoms with Crippen LogP contribution in [-0.2, 0) is 0 Å². The van der Waals surface area contributed by atoms with Crippen LogP contribution in [0.5, 0.6) is 0 Å². The molecular formula is C14H12FNO. The Balaban J connectivity index is 2.44. The quantitative estimate of drug-likeness (QED) is 0.635. The van der Waals surface area contributed by atoms with E-state index < -0.39 is 5.82 Å². The number of carbonyl (C=O) groups is 1. The Morgan fingerprint density at radius 1 is 1.18 bits per heavy atom. The van der Waals surface area contributed by atoms with Crippen molar-refractivity contribution in [1.82, 2.24) is 0 Å². The summed E-state index contributed by atoms with van der Waals surface area (Å²) < 4.78 is 12.9. The lowest BCUT2D eigenvalue weighted by Crippen LogP contribution is -2.05. The molecule has 0 heterocycles. The van der Waals surface area contributed by atoms with Gasteiger partial charge in [0, 0.05) is 16.8 Å². The number of hydrogen-bond donors (Lipinski definition) is 1. The van der Waals surface area contributed by atoms with Gasteiger partial charge < -0.3 is 5.73 Å². The predicted molar refractivity (Wildman–Crippen MR) is 65.4 cm³/mol. The third-order valence-corrected chi connectivity index (χ3v) is 2.54. The SMILES string of the molecule is Cc1cccc(C(=O)c2ccc(F)cc2N)c1. The number of rotatable bonds is 2. The minimum absolute atomic E-state index is 0.163. The van der Waals surface area contributed by atoms with E-state index >= 15 is 0 Å². The van der Waals surface area contributed by atoms with Gasteiger partial charge in [-0.1, -0.05) is 23.8 Å². The number of benzene rings is 2. The van der Waals surface area contributed by atoms with Gasteiger partial charge in [0.15, 0.2) is 5.78 Å². The molecule has 0 radical (unpaired) electrons. The van der Waals surface area contributed by atoms with Crippen LogP contribution in [0.1, 0.15) is 21.5 Å². The molecule has 0 atom stereocenters. The van der Waals surface area contributed by atoms with Gasteiger partial charge in [0.1, 0.15) is 5.82 Å². The second-order valence-corrected chi connectivity index (χ2v) is 3.93. The third kappa shape index (κ3) is 2.33. The Bertz CT molecular complexity index is 578. The van der Waals surface area contributed by atoms with Gasteiger partial charge in [-0.3, -0.25) is 4.79 Å². The van der Waals surface area contributed by atoms with E-state index in [-0.39, 0.29) is 11.5 Å². The molecule has 0 amide bonds. The molecule has 0 aliphatic heterocycles. The van der Waals surface area contributed by atoms with E-state index in [1.165, 1.54) is 12.1 Å². The maximum absolute atomic E-state index is 12.9. The highest BCUT2D eigenvalue weighted by molar-refractivity contribution is 6.12. The summed E-state index contributed by atoms with van der Waals surface area (Å²) in [7, 11) is 0. The predicted octanol–water partition coefficient (Wildman–Crippen LogP) is 2.95. The first kappa shape index (κ1) is 11.3. The average Bonchev–Trinajstić information content (AvgIpc) is 2.28. The number of nitrogen functional groups attached to an aromatic ring is 1. The highest BCUT2D eigenvalue weighted by Gasteiger charge is 2.12. The molecule has 2 N–H and O–H groups in total. The van der Waals surface area contributed by atoms with Crippen molar-refractivity contribution in [2.24, 2.45) is 0 Å². The topological polar surface area (TPSA) is 43.1 Å². The monoisotopic (exact) mass is 229 g/mol. The van der Waals surface area contributed by atoms with E-state index in [1.807, 2.05) is 19.1 Å². The molecule has 0 fully saturated rings. The van der Waals surface area contributed by atoms with Gasteiger partial charge >= 0.3 is 0 Å². The fourth-order valence-electron chi connectivity index (χ4n) is 1.68. The van der Waals surface area contributed by atoms with Gasteiger partial charge in [0.2, 0.25) is 0 Å². The van der Waals surface area contributed by atoms with Crippen LogP contribution < -0.4 is 5.73 Å². The van der Waals surface area contributed by atoms with Crippen molar-refractivity contribution in [3.05, 3.63) is 65.0 Å². The number of aryl methyl sites for hydroxylation is 1. The van der Waals surface area contributed by atoms with Crippen molar-refractivity contribution in [3.8, 4) is 0 Å². The molecule has 0 spiro atoms. The van der Waals surface area contributed by atoms with Crippen molar-refractivity contribution < 1.29 is 9.18 Å². The first-order chi connectivity index (χ1) is 8.08. The summed E-state index contributed by atoms with van der Waals surface area (Å²) in [6.07, 6.45) is 0. The number of halogens is 1. The molecule has 17 heavy (non-hydrogen) atoms. The fraction of sp³-hybridized carbons (Fsp3) is 0.0714. The highest BCUT2D eigenvalue weighted by atomic mass is 19.1. The number of anilines is 1. The van der Waals surface area contributed by atoms with E-state index in [0.29, 0.717) is 11.1 Å². The molecular weight excluding hydrogens is 217 g/mol. The standard InChI is InChI=1S/C14H12FNO/c1-9-3-2-4-10(7-9)14(17)12-6-5-11(15)8-13(12)16/h2-8H,16H2,1H3. The molecule has 3 heteroatoms. The molecule has 0 aliphatic carbocycles. The van der Waals surface area contributed by atoms with E-state index in [1.54, 1.807) is 12.1 Å². The van der Waals surface area contributed by atoms with Gasteiger partial charge in [-0.2, -0.15) is 0 Å². The van der Waals surface area contributed by atoms with Gasteiger partial charge in [0.25, 0.3) is 0 Å². The van der Waals surface area contributed by atoms with Crippen molar-refractivity contribution in [1.29, 1.82) is 0 Å². The molecule has 2 aromatic rings. The summed E-state index contributed by atoms with van der Waals surface area (Å²) in [5.74, 6) is -0.630. The summed E-state index contributed by atoms with van der Waals surface area (Å²) in [6, 6.07) is 11.0. The molecule has 0 unspecified atom stereocenters. The van der Waals surface area contributed by atoms with Crippen LogP contribution in [-0.4, -0.2) is 5.78 Å². The first-order valence-electron chi connectivity index (χ1n) is 5.24. The lowest BCUT2D eigenvalue weighted by molar-refractivity contribution is 0.103. The number of ketones is 1.